The van der Waals surface area contributed by atoms with Crippen LogP contribution in [-0.2, 0) is 12.7 Å². The van der Waals surface area contributed by atoms with E-state index in [4.69, 9.17) is 15.2 Å². The predicted octanol–water partition coefficient (Wildman–Crippen LogP) is 3.72. The number of alkyl halides is 3. The molecule has 0 fully saturated rings. The number of thiazole rings is 1. The second kappa shape index (κ2) is 9.08. The van der Waals surface area contributed by atoms with Crippen LogP contribution in [-0.4, -0.2) is 25.2 Å². The van der Waals surface area contributed by atoms with E-state index < -0.39 is 11.9 Å². The minimum atomic E-state index is -4.46. The Morgan fingerprint density at radius 3 is 2.60 bits per heavy atom. The third kappa shape index (κ3) is 5.92. The molecule has 6 nitrogen and oxygen atoms in total. The van der Waals surface area contributed by atoms with Crippen molar-refractivity contribution < 1.29 is 22.6 Å². The zero-order chi connectivity index (χ0) is 17.7. The smallest absolute Gasteiger partial charge is 0.434 e. The number of guanidine groups is 1. The van der Waals surface area contributed by atoms with Crippen LogP contribution in [0.25, 0.3) is 0 Å². The fraction of sp³-hybridized carbons (Fsp3) is 0.286. The van der Waals surface area contributed by atoms with Gasteiger partial charge in [0.1, 0.15) is 16.5 Å². The van der Waals surface area contributed by atoms with E-state index >= 15 is 0 Å². The lowest BCUT2D eigenvalue weighted by Gasteiger charge is -2.11. The summed E-state index contributed by atoms with van der Waals surface area (Å²) in [5.74, 6) is 1.12. The van der Waals surface area contributed by atoms with Crippen molar-refractivity contribution in [2.45, 2.75) is 12.7 Å². The van der Waals surface area contributed by atoms with Crippen molar-refractivity contribution in [1.29, 1.82) is 0 Å². The number of aromatic nitrogens is 1. The molecule has 11 heteroatoms. The van der Waals surface area contributed by atoms with Gasteiger partial charge in [-0.3, -0.25) is 0 Å². The second-order valence-corrected chi connectivity index (χ2v) is 5.46. The van der Waals surface area contributed by atoms with Crippen LogP contribution in [0.2, 0.25) is 0 Å². The lowest BCUT2D eigenvalue weighted by molar-refractivity contribution is -0.140. The first-order chi connectivity index (χ1) is 11.3. The van der Waals surface area contributed by atoms with E-state index in [-0.39, 0.29) is 41.5 Å². The second-order valence-electron chi connectivity index (χ2n) is 4.52. The Bertz CT molecular complexity index is 737. The number of anilines is 1. The van der Waals surface area contributed by atoms with Crippen LogP contribution >= 0.6 is 35.3 Å². The van der Waals surface area contributed by atoms with Crippen molar-refractivity contribution in [3.8, 4) is 11.5 Å². The lowest BCUT2D eigenvalue weighted by atomic mass is 10.2. The number of halogens is 4. The SMILES string of the molecule is COc1ccc(OC)c(NC(N)=NCc2nc(C(F)(F)F)cs2)c1.I. The molecule has 3 N–H and O–H groups in total. The molecule has 0 bridgehead atoms. The van der Waals surface area contributed by atoms with Gasteiger partial charge in [-0.1, -0.05) is 0 Å². The molecule has 0 spiro atoms. The largest absolute Gasteiger partial charge is 0.497 e. The zero-order valence-electron chi connectivity index (χ0n) is 13.3. The Hall–Kier alpha value is -1.76. The number of benzene rings is 1. The van der Waals surface area contributed by atoms with Crippen LogP contribution in [0.3, 0.4) is 0 Å². The van der Waals surface area contributed by atoms with Crippen molar-refractivity contribution >= 4 is 47.0 Å². The fourth-order valence-electron chi connectivity index (χ4n) is 1.76. The molecule has 25 heavy (non-hydrogen) atoms. The molecule has 0 aliphatic carbocycles. The Kier molecular flexibility index (Phi) is 7.73. The minimum Gasteiger partial charge on any atom is -0.497 e. The predicted molar refractivity (Wildman–Crippen MR) is 101 cm³/mol. The van der Waals surface area contributed by atoms with Crippen LogP contribution in [0.5, 0.6) is 11.5 Å². The van der Waals surface area contributed by atoms with Gasteiger partial charge in [0.25, 0.3) is 0 Å². The van der Waals surface area contributed by atoms with Crippen LogP contribution in [0, 0.1) is 0 Å². The standard InChI is InChI=1S/C14H15F3N4O2S.HI/c1-22-8-3-4-10(23-2)9(5-8)20-13(18)19-6-12-21-11(7-24-12)14(15,16)17;/h3-5,7H,6H2,1-2H3,(H3,18,19,20);1H. The summed E-state index contributed by atoms with van der Waals surface area (Å²) in [6.45, 7) is -0.0636. The van der Waals surface area contributed by atoms with Crippen LogP contribution in [0.4, 0.5) is 18.9 Å². The molecule has 0 aliphatic rings. The number of hydrogen-bond donors (Lipinski definition) is 2. The quantitative estimate of drug-likeness (QED) is 0.381. The van der Waals surface area contributed by atoms with Gasteiger partial charge < -0.3 is 20.5 Å². The third-order valence-corrected chi connectivity index (χ3v) is 3.73. The molecule has 0 saturated heterocycles. The van der Waals surface area contributed by atoms with E-state index in [2.05, 4.69) is 15.3 Å². The average molecular weight is 488 g/mol. The number of aliphatic imine (C=N–C) groups is 1. The molecule has 0 atom stereocenters. The highest BCUT2D eigenvalue weighted by molar-refractivity contribution is 14.0. The molecular formula is C14H16F3IN4O2S. The first-order valence-electron chi connectivity index (χ1n) is 6.64. The van der Waals surface area contributed by atoms with Gasteiger partial charge >= 0.3 is 6.18 Å². The van der Waals surface area contributed by atoms with Crippen LogP contribution < -0.4 is 20.5 Å². The summed E-state index contributed by atoms with van der Waals surface area (Å²) in [7, 11) is 3.01. The topological polar surface area (TPSA) is 81.8 Å². The van der Waals surface area contributed by atoms with Gasteiger partial charge in [-0.15, -0.1) is 35.3 Å². The van der Waals surface area contributed by atoms with E-state index in [0.717, 1.165) is 16.7 Å². The lowest BCUT2D eigenvalue weighted by Crippen LogP contribution is -2.23. The van der Waals surface area contributed by atoms with Gasteiger partial charge in [0.15, 0.2) is 11.7 Å². The Morgan fingerprint density at radius 2 is 2.04 bits per heavy atom. The summed E-state index contributed by atoms with van der Waals surface area (Å²) in [4.78, 5) is 7.46. The molecule has 0 aliphatic heterocycles. The Morgan fingerprint density at radius 1 is 1.32 bits per heavy atom. The highest BCUT2D eigenvalue weighted by Gasteiger charge is 2.33. The highest BCUT2D eigenvalue weighted by atomic mass is 127. The molecule has 138 valence electrons. The number of rotatable bonds is 5. The first-order valence-corrected chi connectivity index (χ1v) is 7.52. The van der Waals surface area contributed by atoms with E-state index in [1.54, 1.807) is 18.2 Å². The summed E-state index contributed by atoms with van der Waals surface area (Å²) < 4.78 is 47.8. The number of hydrogen-bond acceptors (Lipinski definition) is 5. The molecule has 1 heterocycles. The molecule has 1 aromatic heterocycles. The van der Waals surface area contributed by atoms with Crippen molar-refractivity contribution in [1.82, 2.24) is 4.98 Å². The van der Waals surface area contributed by atoms with E-state index in [0.29, 0.717) is 17.2 Å². The molecule has 2 aromatic rings. The normalized spacial score (nSPS) is 11.6. The Labute approximate surface area is 163 Å². The van der Waals surface area contributed by atoms with Crippen LogP contribution in [0.15, 0.2) is 28.6 Å². The van der Waals surface area contributed by atoms with Crippen molar-refractivity contribution in [3.63, 3.8) is 0 Å². The first kappa shape index (κ1) is 21.3. The van der Waals surface area contributed by atoms with Gasteiger partial charge in [-0.25, -0.2) is 9.98 Å². The molecule has 0 amide bonds. The summed E-state index contributed by atoms with van der Waals surface area (Å²) >= 11 is 0.872. The summed E-state index contributed by atoms with van der Waals surface area (Å²) in [5, 5.41) is 3.98. The van der Waals surface area contributed by atoms with Crippen molar-refractivity contribution in [3.05, 3.63) is 34.3 Å². The number of nitrogens with zero attached hydrogens (tertiary/aromatic N) is 2. The summed E-state index contributed by atoms with van der Waals surface area (Å²) in [6, 6.07) is 5.06. The monoisotopic (exact) mass is 488 g/mol. The highest BCUT2D eigenvalue weighted by Crippen LogP contribution is 2.30. The van der Waals surface area contributed by atoms with E-state index in [1.165, 1.54) is 14.2 Å². The number of methoxy groups -OCH3 is 2. The fourth-order valence-corrected chi connectivity index (χ4v) is 2.48. The van der Waals surface area contributed by atoms with Gasteiger partial charge in [0.05, 0.1) is 26.5 Å². The van der Waals surface area contributed by atoms with Gasteiger partial charge in [0.2, 0.25) is 0 Å². The molecule has 0 radical (unpaired) electrons. The maximum absolute atomic E-state index is 12.5. The zero-order valence-corrected chi connectivity index (χ0v) is 16.4. The van der Waals surface area contributed by atoms with Gasteiger partial charge in [-0.2, -0.15) is 13.2 Å². The number of ether oxygens (including phenoxy) is 2. The minimum absolute atomic E-state index is 0. The molecule has 0 unspecified atom stereocenters. The van der Waals surface area contributed by atoms with Crippen molar-refractivity contribution in [2.75, 3.05) is 19.5 Å². The molecule has 0 saturated carbocycles. The van der Waals surface area contributed by atoms with E-state index in [1.807, 2.05) is 0 Å². The number of nitrogens with two attached hydrogens (primary N) is 1. The number of nitrogens with one attached hydrogen (secondary N) is 1. The van der Waals surface area contributed by atoms with E-state index in [9.17, 15) is 13.2 Å². The summed E-state index contributed by atoms with van der Waals surface area (Å²) in [5.41, 5.74) is 5.35. The van der Waals surface area contributed by atoms with Crippen LogP contribution in [0.1, 0.15) is 10.7 Å². The maximum atomic E-state index is 12.5. The average Bonchev–Trinajstić information content (AvgIpc) is 3.02. The van der Waals surface area contributed by atoms with Crippen molar-refractivity contribution in [2.24, 2.45) is 10.7 Å². The van der Waals surface area contributed by atoms with Gasteiger partial charge in [-0.05, 0) is 12.1 Å². The van der Waals surface area contributed by atoms with Gasteiger partial charge in [0, 0.05) is 11.4 Å². The molecule has 1 aromatic carbocycles. The third-order valence-electron chi connectivity index (χ3n) is 2.90. The maximum Gasteiger partial charge on any atom is 0.434 e. The molecule has 2 rings (SSSR count). The molecular weight excluding hydrogens is 472 g/mol. The summed E-state index contributed by atoms with van der Waals surface area (Å²) in [6.07, 6.45) is -4.46. The Balaban J connectivity index is 0.00000312.